The molecule has 3 nitrogen and oxygen atoms in total. The summed E-state index contributed by atoms with van der Waals surface area (Å²) in [5.41, 5.74) is 1.04. The fourth-order valence-electron chi connectivity index (χ4n) is 1.60. The van der Waals surface area contributed by atoms with Gasteiger partial charge in [-0.05, 0) is 24.1 Å². The first kappa shape index (κ1) is 14.5. The molecule has 0 fully saturated rings. The number of halogens is 2. The molecule has 0 radical (unpaired) electrons. The third kappa shape index (κ3) is 4.04. The number of anilines is 1. The average Bonchev–Trinajstić information content (AvgIpc) is 2.77. The highest BCUT2D eigenvalue weighted by atomic mass is 35.5. The van der Waals surface area contributed by atoms with Gasteiger partial charge >= 0.3 is 0 Å². The van der Waals surface area contributed by atoms with Gasteiger partial charge in [0.1, 0.15) is 11.6 Å². The van der Waals surface area contributed by atoms with Crippen molar-refractivity contribution in [2.75, 3.05) is 5.32 Å². The van der Waals surface area contributed by atoms with E-state index in [0.29, 0.717) is 6.54 Å². The Hall–Kier alpha value is -1.55. The maximum atomic E-state index is 12.7. The molecular weight excluding hydrogens is 253 g/mol. The number of nitrogens with zero attached hydrogens (tertiary/aromatic N) is 2. The fourth-order valence-corrected chi connectivity index (χ4v) is 1.60. The molecule has 5 heteroatoms. The summed E-state index contributed by atoms with van der Waals surface area (Å²) < 4.78 is 14.6. The molecule has 0 saturated heterocycles. The zero-order valence-electron chi connectivity index (χ0n) is 10.3. The van der Waals surface area contributed by atoms with Crippen LogP contribution in [0.5, 0.6) is 0 Å². The fraction of sp³-hybridized carbons (Fsp3) is 0.308. The van der Waals surface area contributed by atoms with Crippen LogP contribution < -0.4 is 5.32 Å². The number of hydrogen-bond donors (Lipinski definition) is 1. The molecule has 0 aliphatic carbocycles. The van der Waals surface area contributed by atoms with Gasteiger partial charge < -0.3 is 5.32 Å². The molecule has 1 N–H and O–H groups in total. The smallest absolute Gasteiger partial charge is 0.148 e. The molecular formula is C13H17ClFN3. The molecule has 0 amide bonds. The molecule has 0 saturated carbocycles. The van der Waals surface area contributed by atoms with Gasteiger partial charge in [-0.15, -0.1) is 12.4 Å². The van der Waals surface area contributed by atoms with Crippen molar-refractivity contribution >= 4 is 18.2 Å². The highest BCUT2D eigenvalue weighted by Crippen LogP contribution is 2.07. The second kappa shape index (κ2) is 7.01. The summed E-state index contributed by atoms with van der Waals surface area (Å²) >= 11 is 0. The van der Waals surface area contributed by atoms with E-state index in [9.17, 15) is 4.39 Å². The minimum Gasteiger partial charge on any atom is -0.365 e. The van der Waals surface area contributed by atoms with Crippen molar-refractivity contribution in [1.29, 1.82) is 0 Å². The first-order chi connectivity index (χ1) is 8.28. The van der Waals surface area contributed by atoms with Crippen molar-refractivity contribution in [3.8, 4) is 0 Å². The van der Waals surface area contributed by atoms with E-state index in [1.165, 1.54) is 12.1 Å². The van der Waals surface area contributed by atoms with Crippen molar-refractivity contribution in [1.82, 2.24) is 9.78 Å². The number of aryl methyl sites for hydroxylation is 1. The molecule has 0 aliphatic rings. The number of aromatic nitrogens is 2. The van der Waals surface area contributed by atoms with Crippen LogP contribution in [0.4, 0.5) is 10.2 Å². The Kier molecular flexibility index (Phi) is 5.65. The van der Waals surface area contributed by atoms with Crippen molar-refractivity contribution < 1.29 is 4.39 Å². The molecule has 1 heterocycles. The van der Waals surface area contributed by atoms with E-state index in [-0.39, 0.29) is 18.2 Å². The highest BCUT2D eigenvalue weighted by molar-refractivity contribution is 5.85. The molecule has 2 rings (SSSR count). The Labute approximate surface area is 112 Å². The van der Waals surface area contributed by atoms with E-state index in [0.717, 1.165) is 24.3 Å². The van der Waals surface area contributed by atoms with Crippen LogP contribution in [-0.2, 0) is 13.1 Å². The Morgan fingerprint density at radius 3 is 2.61 bits per heavy atom. The van der Waals surface area contributed by atoms with E-state index in [1.54, 1.807) is 12.1 Å². The maximum absolute atomic E-state index is 12.7. The minimum absolute atomic E-state index is 0. The van der Waals surface area contributed by atoms with Crippen LogP contribution in [0.1, 0.15) is 18.9 Å². The third-order valence-corrected chi connectivity index (χ3v) is 2.48. The molecule has 98 valence electrons. The number of nitrogens with one attached hydrogen (secondary N) is 1. The van der Waals surface area contributed by atoms with Crippen LogP contribution in [0.25, 0.3) is 0 Å². The predicted molar refractivity (Wildman–Crippen MR) is 73.5 cm³/mol. The van der Waals surface area contributed by atoms with Crippen LogP contribution >= 0.6 is 12.4 Å². The lowest BCUT2D eigenvalue weighted by Gasteiger charge is -2.03. The zero-order chi connectivity index (χ0) is 12.1. The van der Waals surface area contributed by atoms with E-state index in [4.69, 9.17) is 0 Å². The van der Waals surface area contributed by atoms with Crippen molar-refractivity contribution in [2.24, 2.45) is 0 Å². The average molecular weight is 270 g/mol. The topological polar surface area (TPSA) is 29.9 Å². The van der Waals surface area contributed by atoms with Crippen molar-refractivity contribution in [3.05, 3.63) is 47.9 Å². The van der Waals surface area contributed by atoms with Gasteiger partial charge in [0.05, 0.1) is 0 Å². The van der Waals surface area contributed by atoms with Gasteiger partial charge in [0, 0.05) is 25.4 Å². The number of hydrogen-bond acceptors (Lipinski definition) is 2. The molecule has 2 aromatic rings. The molecule has 0 unspecified atom stereocenters. The van der Waals surface area contributed by atoms with Crippen LogP contribution in [0.3, 0.4) is 0 Å². The zero-order valence-corrected chi connectivity index (χ0v) is 11.1. The van der Waals surface area contributed by atoms with Crippen LogP contribution in [0.2, 0.25) is 0 Å². The summed E-state index contributed by atoms with van der Waals surface area (Å²) in [6, 6.07) is 8.41. The third-order valence-electron chi connectivity index (χ3n) is 2.48. The molecule has 0 atom stereocenters. The van der Waals surface area contributed by atoms with Gasteiger partial charge in [-0.25, -0.2) is 4.39 Å². The lowest BCUT2D eigenvalue weighted by atomic mass is 10.2. The van der Waals surface area contributed by atoms with Crippen LogP contribution in [0.15, 0.2) is 36.5 Å². The van der Waals surface area contributed by atoms with E-state index < -0.39 is 0 Å². The summed E-state index contributed by atoms with van der Waals surface area (Å²) in [5.74, 6) is 0.642. The highest BCUT2D eigenvalue weighted by Gasteiger charge is 1.98. The van der Waals surface area contributed by atoms with Gasteiger partial charge in [0.25, 0.3) is 0 Å². The summed E-state index contributed by atoms with van der Waals surface area (Å²) in [5, 5.41) is 7.57. The van der Waals surface area contributed by atoms with Crippen molar-refractivity contribution in [3.63, 3.8) is 0 Å². The SMILES string of the molecule is CCCn1ccc(NCc2ccc(F)cc2)n1.Cl. The Balaban J connectivity index is 0.00000162. The number of rotatable bonds is 5. The largest absolute Gasteiger partial charge is 0.365 e. The number of benzene rings is 1. The molecule has 1 aromatic carbocycles. The Morgan fingerprint density at radius 1 is 1.22 bits per heavy atom. The van der Waals surface area contributed by atoms with Gasteiger partial charge in [-0.1, -0.05) is 19.1 Å². The van der Waals surface area contributed by atoms with Crippen molar-refractivity contribution in [2.45, 2.75) is 26.4 Å². The lowest BCUT2D eigenvalue weighted by Crippen LogP contribution is -2.02. The van der Waals surface area contributed by atoms with E-state index in [1.807, 2.05) is 16.9 Å². The Bertz CT molecular complexity index is 467. The maximum Gasteiger partial charge on any atom is 0.148 e. The normalized spacial score (nSPS) is 9.89. The van der Waals surface area contributed by atoms with E-state index in [2.05, 4.69) is 17.3 Å². The van der Waals surface area contributed by atoms with Gasteiger partial charge in [-0.3, -0.25) is 4.68 Å². The molecule has 0 aliphatic heterocycles. The summed E-state index contributed by atoms with van der Waals surface area (Å²) in [6.45, 7) is 3.70. The van der Waals surface area contributed by atoms with E-state index >= 15 is 0 Å². The monoisotopic (exact) mass is 269 g/mol. The second-order valence-electron chi connectivity index (χ2n) is 3.94. The summed E-state index contributed by atoms with van der Waals surface area (Å²) in [7, 11) is 0. The first-order valence-electron chi connectivity index (χ1n) is 5.79. The predicted octanol–water partition coefficient (Wildman–Crippen LogP) is 3.47. The van der Waals surface area contributed by atoms with Crippen LogP contribution in [0, 0.1) is 5.82 Å². The Morgan fingerprint density at radius 2 is 1.94 bits per heavy atom. The molecule has 1 aromatic heterocycles. The van der Waals surface area contributed by atoms with Gasteiger partial charge in [0.2, 0.25) is 0 Å². The van der Waals surface area contributed by atoms with Gasteiger partial charge in [-0.2, -0.15) is 5.10 Å². The molecule has 18 heavy (non-hydrogen) atoms. The second-order valence-corrected chi connectivity index (χ2v) is 3.94. The molecule has 0 spiro atoms. The first-order valence-corrected chi connectivity index (χ1v) is 5.79. The minimum atomic E-state index is -0.207. The molecule has 0 bridgehead atoms. The standard InChI is InChI=1S/C13H16FN3.ClH/c1-2-8-17-9-7-13(16-17)15-10-11-3-5-12(14)6-4-11;/h3-7,9H,2,8,10H2,1H3,(H,15,16);1H. The summed E-state index contributed by atoms with van der Waals surface area (Å²) in [4.78, 5) is 0. The summed E-state index contributed by atoms with van der Waals surface area (Å²) in [6.07, 6.45) is 3.02. The quantitative estimate of drug-likeness (QED) is 0.901. The van der Waals surface area contributed by atoms with Gasteiger partial charge in [0.15, 0.2) is 0 Å². The lowest BCUT2D eigenvalue weighted by molar-refractivity contribution is 0.604. The van der Waals surface area contributed by atoms with Crippen LogP contribution in [-0.4, -0.2) is 9.78 Å².